The second kappa shape index (κ2) is 10.5. The molecule has 0 aliphatic rings. The van der Waals surface area contributed by atoms with Crippen molar-refractivity contribution in [1.82, 2.24) is 0 Å². The van der Waals surface area contributed by atoms with Crippen molar-refractivity contribution in [2.45, 2.75) is 78.1 Å². The molecule has 1 rings (SSSR count). The van der Waals surface area contributed by atoms with Gasteiger partial charge in [0.1, 0.15) is 0 Å². The second-order valence-corrected chi connectivity index (χ2v) is 6.93. The topological polar surface area (TPSA) is 26.0 Å². The molecule has 2 heteroatoms. The molecule has 0 aliphatic heterocycles. The number of anilines is 1. The summed E-state index contributed by atoms with van der Waals surface area (Å²) in [4.78, 5) is 0. The normalized spacial score (nSPS) is 10.9. The summed E-state index contributed by atoms with van der Waals surface area (Å²) in [5.74, 6) is 0. The lowest BCUT2D eigenvalue weighted by Gasteiger charge is -2.11. The maximum atomic E-state index is 6.23. The Morgan fingerprint density at radius 3 is 1.90 bits per heavy atom. The molecular formula is C18H30IN. The number of benzene rings is 1. The summed E-state index contributed by atoms with van der Waals surface area (Å²) >= 11 is 2.48. The Kier molecular flexibility index (Phi) is 9.32. The fourth-order valence-corrected chi connectivity index (χ4v) is 3.37. The molecule has 0 fully saturated rings. The number of unbranched alkanes of at least 4 members (excludes halogenated alkanes) is 6. The third-order valence-electron chi connectivity index (χ3n) is 3.91. The van der Waals surface area contributed by atoms with E-state index >= 15 is 0 Å². The van der Waals surface area contributed by atoms with Gasteiger partial charge in [-0.15, -0.1) is 0 Å². The Morgan fingerprint density at radius 2 is 1.35 bits per heavy atom. The highest BCUT2D eigenvalue weighted by molar-refractivity contribution is 14.1. The van der Waals surface area contributed by atoms with E-state index in [1.807, 2.05) is 0 Å². The quantitative estimate of drug-likeness (QED) is 0.292. The van der Waals surface area contributed by atoms with Gasteiger partial charge in [-0.2, -0.15) is 0 Å². The van der Waals surface area contributed by atoms with Crippen LogP contribution in [0.4, 0.5) is 5.69 Å². The van der Waals surface area contributed by atoms with Crippen LogP contribution in [0, 0.1) is 3.57 Å². The number of nitrogen functional groups attached to an aromatic ring is 1. The number of aryl methyl sites for hydroxylation is 2. The first-order valence-corrected chi connectivity index (χ1v) is 9.33. The molecule has 0 amide bonds. The number of hydrogen-bond acceptors (Lipinski definition) is 1. The van der Waals surface area contributed by atoms with Crippen molar-refractivity contribution in [3.63, 3.8) is 0 Å². The third kappa shape index (κ3) is 6.47. The first-order chi connectivity index (χ1) is 9.69. The Bertz CT molecular complexity index is 349. The van der Waals surface area contributed by atoms with E-state index in [2.05, 4.69) is 48.6 Å². The molecule has 0 radical (unpaired) electrons. The van der Waals surface area contributed by atoms with E-state index in [1.165, 1.54) is 72.5 Å². The van der Waals surface area contributed by atoms with Gasteiger partial charge in [0.05, 0.1) is 0 Å². The summed E-state index contributed by atoms with van der Waals surface area (Å²) in [7, 11) is 0. The predicted octanol–water partition coefficient (Wildman–Crippen LogP) is 6.12. The lowest BCUT2D eigenvalue weighted by molar-refractivity contribution is 0.663. The number of nitrogens with two attached hydrogens (primary N) is 1. The number of rotatable bonds is 10. The van der Waals surface area contributed by atoms with Crippen LogP contribution in [-0.2, 0) is 12.8 Å². The van der Waals surface area contributed by atoms with Crippen LogP contribution in [0.2, 0.25) is 0 Å². The van der Waals surface area contributed by atoms with E-state index in [9.17, 15) is 0 Å². The van der Waals surface area contributed by atoms with Crippen molar-refractivity contribution >= 4 is 28.3 Å². The molecule has 0 atom stereocenters. The highest BCUT2D eigenvalue weighted by Gasteiger charge is 2.06. The van der Waals surface area contributed by atoms with E-state index in [-0.39, 0.29) is 0 Å². The van der Waals surface area contributed by atoms with Crippen LogP contribution < -0.4 is 5.73 Å². The monoisotopic (exact) mass is 387 g/mol. The smallest absolute Gasteiger partial charge is 0.0350 e. The van der Waals surface area contributed by atoms with E-state index in [0.29, 0.717) is 0 Å². The van der Waals surface area contributed by atoms with E-state index in [0.717, 1.165) is 12.1 Å². The van der Waals surface area contributed by atoms with Gasteiger partial charge in [-0.3, -0.25) is 0 Å². The molecular weight excluding hydrogens is 357 g/mol. The van der Waals surface area contributed by atoms with Crippen LogP contribution in [-0.4, -0.2) is 0 Å². The largest absolute Gasteiger partial charge is 0.398 e. The molecule has 0 aromatic heterocycles. The van der Waals surface area contributed by atoms with Crippen LogP contribution in [0.3, 0.4) is 0 Å². The average molecular weight is 387 g/mol. The molecule has 20 heavy (non-hydrogen) atoms. The fourth-order valence-electron chi connectivity index (χ4n) is 2.57. The van der Waals surface area contributed by atoms with Gasteiger partial charge in [-0.1, -0.05) is 52.4 Å². The Hall–Kier alpha value is -0.250. The van der Waals surface area contributed by atoms with Crippen molar-refractivity contribution < 1.29 is 0 Å². The second-order valence-electron chi connectivity index (χ2n) is 5.76. The van der Waals surface area contributed by atoms with Crippen LogP contribution >= 0.6 is 22.6 Å². The van der Waals surface area contributed by atoms with E-state index in [1.54, 1.807) is 0 Å². The van der Waals surface area contributed by atoms with Gasteiger partial charge >= 0.3 is 0 Å². The zero-order chi connectivity index (χ0) is 14.8. The zero-order valence-corrected chi connectivity index (χ0v) is 15.3. The third-order valence-corrected chi connectivity index (χ3v) is 4.91. The first-order valence-electron chi connectivity index (χ1n) is 8.25. The zero-order valence-electron chi connectivity index (χ0n) is 13.2. The Labute approximate surface area is 138 Å². The Balaban J connectivity index is 2.52. The molecule has 0 saturated carbocycles. The molecule has 0 bridgehead atoms. The standard InChI is InChI=1S/C18H30IN/c1-3-5-7-9-11-15-14-18(20)16(13-17(15)19)12-10-8-6-4-2/h13-14H,3-12,20H2,1-2H3. The summed E-state index contributed by atoms with van der Waals surface area (Å²) in [6.07, 6.45) is 12.8. The van der Waals surface area contributed by atoms with Crippen LogP contribution in [0.5, 0.6) is 0 Å². The maximum Gasteiger partial charge on any atom is 0.0350 e. The summed E-state index contributed by atoms with van der Waals surface area (Å²) < 4.78 is 1.40. The van der Waals surface area contributed by atoms with Gasteiger partial charge in [0.15, 0.2) is 0 Å². The molecule has 0 heterocycles. The van der Waals surface area contributed by atoms with Crippen molar-refractivity contribution in [2.24, 2.45) is 0 Å². The van der Waals surface area contributed by atoms with Gasteiger partial charge in [-0.25, -0.2) is 0 Å². The Morgan fingerprint density at radius 1 is 0.800 bits per heavy atom. The van der Waals surface area contributed by atoms with E-state index in [4.69, 9.17) is 5.73 Å². The van der Waals surface area contributed by atoms with Crippen molar-refractivity contribution in [3.05, 3.63) is 26.8 Å². The first kappa shape index (κ1) is 17.8. The lowest BCUT2D eigenvalue weighted by atomic mass is 10.00. The SMILES string of the molecule is CCCCCCc1cc(I)c(CCCCCC)cc1N. The molecule has 1 nitrogen and oxygen atoms in total. The highest BCUT2D eigenvalue weighted by atomic mass is 127. The van der Waals surface area contributed by atoms with E-state index < -0.39 is 0 Å². The van der Waals surface area contributed by atoms with Crippen molar-refractivity contribution in [1.29, 1.82) is 0 Å². The summed E-state index contributed by atoms with van der Waals surface area (Å²) in [6, 6.07) is 4.54. The molecule has 0 spiro atoms. The maximum absolute atomic E-state index is 6.23. The molecule has 1 aromatic carbocycles. The average Bonchev–Trinajstić information content (AvgIpc) is 2.44. The van der Waals surface area contributed by atoms with Gasteiger partial charge < -0.3 is 5.73 Å². The van der Waals surface area contributed by atoms with Crippen LogP contribution in [0.1, 0.15) is 76.3 Å². The summed E-state index contributed by atoms with van der Waals surface area (Å²) in [5, 5.41) is 0. The minimum atomic E-state index is 1.01. The molecule has 2 N–H and O–H groups in total. The van der Waals surface area contributed by atoms with Crippen LogP contribution in [0.15, 0.2) is 12.1 Å². The molecule has 0 unspecified atom stereocenters. The van der Waals surface area contributed by atoms with Gasteiger partial charge in [0.2, 0.25) is 0 Å². The number of hydrogen-bond donors (Lipinski definition) is 1. The molecule has 1 aromatic rings. The number of halogens is 1. The van der Waals surface area contributed by atoms with Gasteiger partial charge in [-0.05, 0) is 71.5 Å². The summed E-state index contributed by atoms with van der Waals surface area (Å²) in [5.41, 5.74) is 10.0. The fraction of sp³-hybridized carbons (Fsp3) is 0.667. The molecule has 0 saturated heterocycles. The minimum Gasteiger partial charge on any atom is -0.398 e. The predicted molar refractivity (Wildman–Crippen MR) is 99.3 cm³/mol. The van der Waals surface area contributed by atoms with Crippen LogP contribution in [0.25, 0.3) is 0 Å². The van der Waals surface area contributed by atoms with Crippen molar-refractivity contribution in [3.8, 4) is 0 Å². The highest BCUT2D eigenvalue weighted by Crippen LogP contribution is 2.24. The molecule has 0 aliphatic carbocycles. The lowest BCUT2D eigenvalue weighted by Crippen LogP contribution is -2.00. The van der Waals surface area contributed by atoms with Crippen molar-refractivity contribution in [2.75, 3.05) is 5.73 Å². The van der Waals surface area contributed by atoms with Gasteiger partial charge in [0, 0.05) is 9.26 Å². The minimum absolute atomic E-state index is 1.01. The molecule has 114 valence electrons. The summed E-state index contributed by atoms with van der Waals surface area (Å²) in [6.45, 7) is 4.51. The van der Waals surface area contributed by atoms with Gasteiger partial charge in [0.25, 0.3) is 0 Å².